The summed E-state index contributed by atoms with van der Waals surface area (Å²) in [5, 5.41) is 4.78. The quantitative estimate of drug-likeness (QED) is 0.405. The molecule has 0 amide bonds. The first kappa shape index (κ1) is 22.7. The number of esters is 1. The van der Waals surface area contributed by atoms with Crippen molar-refractivity contribution in [1.82, 2.24) is 9.97 Å². The Balaban J connectivity index is 1.34. The summed E-state index contributed by atoms with van der Waals surface area (Å²) in [6, 6.07) is 14.5. The summed E-state index contributed by atoms with van der Waals surface area (Å²) in [4.78, 5) is 22.8. The summed E-state index contributed by atoms with van der Waals surface area (Å²) in [5.41, 5.74) is 6.34. The molecule has 1 aliphatic rings. The van der Waals surface area contributed by atoms with Crippen molar-refractivity contribution in [3.05, 3.63) is 70.3 Å². The van der Waals surface area contributed by atoms with Crippen LogP contribution in [0.4, 0.5) is 11.8 Å². The second-order valence-electron chi connectivity index (χ2n) is 7.53. The Labute approximate surface area is 200 Å². The van der Waals surface area contributed by atoms with Crippen LogP contribution in [0.25, 0.3) is 0 Å². The zero-order chi connectivity index (χ0) is 22.5. The smallest absolute Gasteiger partial charge is 0.338 e. The lowest BCUT2D eigenvalue weighted by Crippen LogP contribution is -2.31. The molecule has 4 rings (SSSR count). The lowest BCUT2D eigenvalue weighted by molar-refractivity contribution is 0.0202. The number of nitrogens with one attached hydrogen (secondary N) is 1. The molecule has 1 heterocycles. The number of nitrogen functional groups attached to an aromatic ring is 1. The van der Waals surface area contributed by atoms with Gasteiger partial charge < -0.3 is 15.8 Å². The third-order valence-electron chi connectivity index (χ3n) is 5.18. The van der Waals surface area contributed by atoms with Crippen LogP contribution in [0.1, 0.15) is 36.0 Å². The lowest BCUT2D eigenvalue weighted by Gasteiger charge is -2.29. The van der Waals surface area contributed by atoms with Gasteiger partial charge in [-0.25, -0.2) is 9.78 Å². The number of carbonyl (C=O) groups is 1. The molecule has 166 valence electrons. The maximum absolute atomic E-state index is 12.4. The zero-order valence-corrected chi connectivity index (χ0v) is 19.5. The highest BCUT2D eigenvalue weighted by molar-refractivity contribution is 7.99. The molecule has 1 fully saturated rings. The van der Waals surface area contributed by atoms with Crippen molar-refractivity contribution in [3.8, 4) is 0 Å². The number of hydrogen-bond donors (Lipinski definition) is 2. The molecule has 3 aromatic rings. The highest BCUT2D eigenvalue weighted by atomic mass is 35.5. The Kier molecular flexibility index (Phi) is 7.40. The van der Waals surface area contributed by atoms with E-state index in [2.05, 4.69) is 15.3 Å². The first-order valence-corrected chi connectivity index (χ1v) is 11.8. The number of nitrogens with zero attached hydrogens (tertiary/aromatic N) is 2. The van der Waals surface area contributed by atoms with Gasteiger partial charge in [-0.05, 0) is 74.2 Å². The molecule has 0 bridgehead atoms. The van der Waals surface area contributed by atoms with E-state index in [1.165, 1.54) is 0 Å². The van der Waals surface area contributed by atoms with Crippen LogP contribution in [0.3, 0.4) is 0 Å². The number of aromatic nitrogens is 2. The zero-order valence-electron chi connectivity index (χ0n) is 17.1. The summed E-state index contributed by atoms with van der Waals surface area (Å²) >= 11 is 13.4. The third-order valence-corrected chi connectivity index (χ3v) is 6.71. The number of halogens is 2. The summed E-state index contributed by atoms with van der Waals surface area (Å²) in [6.45, 7) is 0. The van der Waals surface area contributed by atoms with Crippen LogP contribution in [-0.2, 0) is 4.74 Å². The van der Waals surface area contributed by atoms with E-state index >= 15 is 0 Å². The van der Waals surface area contributed by atoms with E-state index in [0.717, 1.165) is 35.5 Å². The minimum atomic E-state index is -0.316. The van der Waals surface area contributed by atoms with Crippen LogP contribution >= 0.6 is 35.0 Å². The Morgan fingerprint density at radius 1 is 1.00 bits per heavy atom. The van der Waals surface area contributed by atoms with E-state index in [1.807, 2.05) is 24.3 Å². The number of hydrogen-bond acceptors (Lipinski definition) is 7. The van der Waals surface area contributed by atoms with Crippen LogP contribution in [0, 0.1) is 0 Å². The van der Waals surface area contributed by atoms with Crippen LogP contribution in [0.2, 0.25) is 10.0 Å². The number of anilines is 2. The third kappa shape index (κ3) is 6.06. The standard InChI is InChI=1S/C23H22Cl2N4O2S/c24-15-3-1-14(2-4-15)22(30)31-18-9-7-17(8-10-18)28-21-20(13-27-23(26)29-21)32-19-11-5-16(25)6-12-19/h1-6,11-13,17-18H,7-10H2,(H3,26,27,28,29)/t17-,18-. The number of ether oxygens (including phenoxy) is 1. The molecule has 0 aliphatic heterocycles. The van der Waals surface area contributed by atoms with Crippen molar-refractivity contribution in [2.75, 3.05) is 11.1 Å². The number of carbonyl (C=O) groups excluding carboxylic acids is 1. The van der Waals surface area contributed by atoms with Crippen LogP contribution in [0.5, 0.6) is 0 Å². The molecule has 1 saturated carbocycles. The molecular weight excluding hydrogens is 467 g/mol. The first-order valence-electron chi connectivity index (χ1n) is 10.3. The SMILES string of the molecule is Nc1ncc(Sc2ccc(Cl)cc2)c(N[C@H]2CC[C@H](OC(=O)c3ccc(Cl)cc3)CC2)n1. The van der Waals surface area contributed by atoms with Crippen LogP contribution in [-0.4, -0.2) is 28.1 Å². The molecule has 0 spiro atoms. The maximum atomic E-state index is 12.4. The minimum absolute atomic E-state index is 0.102. The molecule has 32 heavy (non-hydrogen) atoms. The van der Waals surface area contributed by atoms with Crippen molar-refractivity contribution in [2.24, 2.45) is 0 Å². The predicted molar refractivity (Wildman–Crippen MR) is 129 cm³/mol. The van der Waals surface area contributed by atoms with Gasteiger partial charge in [0.2, 0.25) is 5.95 Å². The topological polar surface area (TPSA) is 90.1 Å². The molecule has 2 aromatic carbocycles. The van der Waals surface area contributed by atoms with Crippen molar-refractivity contribution < 1.29 is 9.53 Å². The van der Waals surface area contributed by atoms with Crippen molar-refractivity contribution in [1.29, 1.82) is 0 Å². The largest absolute Gasteiger partial charge is 0.459 e. The summed E-state index contributed by atoms with van der Waals surface area (Å²) in [7, 11) is 0. The van der Waals surface area contributed by atoms with Gasteiger partial charge >= 0.3 is 5.97 Å². The molecule has 0 radical (unpaired) electrons. The molecule has 9 heteroatoms. The van der Waals surface area contributed by atoms with E-state index in [1.54, 1.807) is 42.2 Å². The Morgan fingerprint density at radius 2 is 1.62 bits per heavy atom. The lowest BCUT2D eigenvalue weighted by atomic mass is 9.93. The fraction of sp³-hybridized carbons (Fsp3) is 0.261. The van der Waals surface area contributed by atoms with E-state index < -0.39 is 0 Å². The van der Waals surface area contributed by atoms with Gasteiger partial charge in [-0.2, -0.15) is 4.98 Å². The van der Waals surface area contributed by atoms with Gasteiger partial charge in [0.1, 0.15) is 11.9 Å². The molecular formula is C23H22Cl2N4O2S. The fourth-order valence-corrected chi connectivity index (χ4v) is 4.60. The molecule has 1 aliphatic carbocycles. The van der Waals surface area contributed by atoms with Crippen LogP contribution in [0.15, 0.2) is 64.5 Å². The number of nitrogens with two attached hydrogens (primary N) is 1. The van der Waals surface area contributed by atoms with Gasteiger partial charge in [-0.3, -0.25) is 0 Å². The van der Waals surface area contributed by atoms with Gasteiger partial charge in [0.25, 0.3) is 0 Å². The van der Waals surface area contributed by atoms with Gasteiger partial charge in [0.15, 0.2) is 0 Å². The van der Waals surface area contributed by atoms with E-state index in [4.69, 9.17) is 33.7 Å². The highest BCUT2D eigenvalue weighted by Gasteiger charge is 2.25. The Bertz CT molecular complexity index is 1070. The molecule has 0 saturated heterocycles. The second-order valence-corrected chi connectivity index (χ2v) is 9.52. The molecule has 1 aromatic heterocycles. The summed E-state index contributed by atoms with van der Waals surface area (Å²) in [6.07, 6.45) is 4.88. The number of benzene rings is 2. The van der Waals surface area contributed by atoms with E-state index in [-0.39, 0.29) is 24.1 Å². The van der Waals surface area contributed by atoms with E-state index in [0.29, 0.717) is 21.4 Å². The highest BCUT2D eigenvalue weighted by Crippen LogP contribution is 2.34. The summed E-state index contributed by atoms with van der Waals surface area (Å²) in [5.74, 6) is 0.612. The van der Waals surface area contributed by atoms with Crippen molar-refractivity contribution in [2.45, 2.75) is 47.6 Å². The van der Waals surface area contributed by atoms with Gasteiger partial charge in [-0.1, -0.05) is 35.0 Å². The Hall–Kier alpha value is -2.48. The molecule has 3 N–H and O–H groups in total. The monoisotopic (exact) mass is 488 g/mol. The predicted octanol–water partition coefficient (Wildman–Crippen LogP) is 6.10. The normalized spacial score (nSPS) is 18.2. The minimum Gasteiger partial charge on any atom is -0.459 e. The molecule has 0 unspecified atom stereocenters. The molecule has 0 atom stereocenters. The van der Waals surface area contributed by atoms with Gasteiger partial charge in [-0.15, -0.1) is 0 Å². The fourth-order valence-electron chi connectivity index (χ4n) is 3.52. The summed E-state index contributed by atoms with van der Waals surface area (Å²) < 4.78 is 5.68. The van der Waals surface area contributed by atoms with Crippen molar-refractivity contribution in [3.63, 3.8) is 0 Å². The Morgan fingerprint density at radius 3 is 2.28 bits per heavy atom. The van der Waals surface area contributed by atoms with Crippen molar-refractivity contribution >= 4 is 52.7 Å². The number of rotatable bonds is 6. The second kappa shape index (κ2) is 10.4. The van der Waals surface area contributed by atoms with Gasteiger partial charge in [0.05, 0.1) is 10.5 Å². The average molecular weight is 489 g/mol. The average Bonchev–Trinajstić information content (AvgIpc) is 2.79. The van der Waals surface area contributed by atoms with Gasteiger partial charge in [0, 0.05) is 27.2 Å². The van der Waals surface area contributed by atoms with E-state index in [9.17, 15) is 4.79 Å². The van der Waals surface area contributed by atoms with Crippen LogP contribution < -0.4 is 11.1 Å². The maximum Gasteiger partial charge on any atom is 0.338 e. The first-order chi connectivity index (χ1) is 15.5. The molecule has 6 nitrogen and oxygen atoms in total.